The lowest BCUT2D eigenvalue weighted by molar-refractivity contribution is -0.111. The predicted octanol–water partition coefficient (Wildman–Crippen LogP) is 4.75. The highest BCUT2D eigenvalue weighted by atomic mass is 19.1. The van der Waals surface area contributed by atoms with E-state index in [9.17, 15) is 14.0 Å². The molecule has 3 aromatic carbocycles. The molecule has 0 aliphatic rings. The number of para-hydroxylation sites is 1. The maximum Gasteiger partial charge on any atom is 0.248 e. The van der Waals surface area contributed by atoms with Crippen molar-refractivity contribution in [1.29, 1.82) is 0 Å². The molecule has 0 aliphatic heterocycles. The molecular formula is C24H18FNO5. The quantitative estimate of drug-likeness (QED) is 0.373. The first-order valence-electron chi connectivity index (χ1n) is 9.36. The fourth-order valence-electron chi connectivity index (χ4n) is 3.23. The van der Waals surface area contributed by atoms with Crippen molar-refractivity contribution in [3.63, 3.8) is 0 Å². The van der Waals surface area contributed by atoms with Crippen LogP contribution >= 0.6 is 0 Å². The first-order chi connectivity index (χ1) is 15.0. The fraction of sp³-hybridized carbons (Fsp3) is 0.0833. The largest absolute Gasteiger partial charge is 0.493 e. The van der Waals surface area contributed by atoms with Crippen molar-refractivity contribution in [2.24, 2.45) is 0 Å². The Labute approximate surface area is 176 Å². The number of ether oxygens (including phenoxy) is 2. The Morgan fingerprint density at radius 1 is 1.00 bits per heavy atom. The van der Waals surface area contributed by atoms with Gasteiger partial charge in [0.15, 0.2) is 22.9 Å². The van der Waals surface area contributed by atoms with Crippen LogP contribution in [0.15, 0.2) is 69.9 Å². The highest BCUT2D eigenvalue weighted by molar-refractivity contribution is 6.03. The third-order valence-corrected chi connectivity index (χ3v) is 4.75. The van der Waals surface area contributed by atoms with Gasteiger partial charge in [0.05, 0.1) is 25.0 Å². The van der Waals surface area contributed by atoms with Gasteiger partial charge < -0.3 is 19.2 Å². The number of hydrogen-bond acceptors (Lipinski definition) is 5. The molecule has 1 aromatic heterocycles. The van der Waals surface area contributed by atoms with Gasteiger partial charge in [0.2, 0.25) is 11.3 Å². The molecule has 0 saturated carbocycles. The Balaban J connectivity index is 1.59. The molecule has 1 N–H and O–H groups in total. The van der Waals surface area contributed by atoms with Gasteiger partial charge in [-0.05, 0) is 48.0 Å². The molecule has 156 valence electrons. The summed E-state index contributed by atoms with van der Waals surface area (Å²) in [6.07, 6.45) is 2.99. The highest BCUT2D eigenvalue weighted by Gasteiger charge is 2.12. The van der Waals surface area contributed by atoms with Gasteiger partial charge in [0.25, 0.3) is 0 Å². The van der Waals surface area contributed by atoms with Crippen LogP contribution in [0.2, 0.25) is 0 Å². The first kappa shape index (κ1) is 20.2. The van der Waals surface area contributed by atoms with E-state index in [0.717, 1.165) is 5.56 Å². The molecule has 0 fully saturated rings. The van der Waals surface area contributed by atoms with Gasteiger partial charge in [-0.3, -0.25) is 9.59 Å². The van der Waals surface area contributed by atoms with Crippen molar-refractivity contribution in [3.8, 4) is 11.5 Å². The average Bonchev–Trinajstić information content (AvgIpc) is 2.78. The van der Waals surface area contributed by atoms with Crippen molar-refractivity contribution in [1.82, 2.24) is 0 Å². The molecule has 31 heavy (non-hydrogen) atoms. The number of carbonyl (C=O) groups excluding carboxylic acids is 1. The van der Waals surface area contributed by atoms with Crippen LogP contribution in [0.5, 0.6) is 11.5 Å². The highest BCUT2D eigenvalue weighted by Crippen LogP contribution is 2.28. The van der Waals surface area contributed by atoms with Crippen LogP contribution in [-0.2, 0) is 4.79 Å². The number of anilines is 1. The number of rotatable bonds is 5. The summed E-state index contributed by atoms with van der Waals surface area (Å²) >= 11 is 0. The average molecular weight is 419 g/mol. The monoisotopic (exact) mass is 419 g/mol. The lowest BCUT2D eigenvalue weighted by Gasteiger charge is -2.08. The van der Waals surface area contributed by atoms with E-state index in [1.807, 2.05) is 0 Å². The standard InChI is InChI=1S/C24H18FNO5/c1-29-19-10-6-14(12-21(19)30-2)7-11-22(27)26-15-8-9-16-20(13-15)31-24-17(23(16)28)4-3-5-18(24)25/h3-13H,1-2H3,(H,26,27). The number of carbonyl (C=O) groups is 1. The normalized spacial score (nSPS) is 11.2. The lowest BCUT2D eigenvalue weighted by Crippen LogP contribution is -2.08. The Hall–Kier alpha value is -4.13. The van der Waals surface area contributed by atoms with Crippen molar-refractivity contribution < 1.29 is 23.1 Å². The summed E-state index contributed by atoms with van der Waals surface area (Å²) in [4.78, 5) is 24.9. The number of benzene rings is 3. The number of fused-ring (bicyclic) bond motifs is 2. The SMILES string of the molecule is COc1ccc(C=CC(=O)Nc2ccc3c(=O)c4cccc(F)c4oc3c2)cc1OC. The minimum atomic E-state index is -0.621. The molecule has 0 saturated heterocycles. The van der Waals surface area contributed by atoms with Crippen molar-refractivity contribution in [2.45, 2.75) is 0 Å². The van der Waals surface area contributed by atoms with Crippen LogP contribution in [0.3, 0.4) is 0 Å². The van der Waals surface area contributed by atoms with E-state index in [2.05, 4.69) is 5.32 Å². The fourth-order valence-corrected chi connectivity index (χ4v) is 3.23. The molecule has 1 heterocycles. The minimum Gasteiger partial charge on any atom is -0.493 e. The van der Waals surface area contributed by atoms with Crippen molar-refractivity contribution in [3.05, 3.63) is 82.3 Å². The van der Waals surface area contributed by atoms with Crippen LogP contribution in [0, 0.1) is 5.82 Å². The summed E-state index contributed by atoms with van der Waals surface area (Å²) in [7, 11) is 3.08. The molecule has 4 aromatic rings. The zero-order valence-electron chi connectivity index (χ0n) is 16.8. The van der Waals surface area contributed by atoms with E-state index < -0.39 is 5.82 Å². The van der Waals surface area contributed by atoms with Crippen LogP contribution in [-0.4, -0.2) is 20.1 Å². The second kappa shape index (κ2) is 8.31. The summed E-state index contributed by atoms with van der Waals surface area (Å²) in [5.41, 5.74) is 0.899. The topological polar surface area (TPSA) is 77.8 Å². The summed E-state index contributed by atoms with van der Waals surface area (Å²) in [5, 5.41) is 3.17. The maximum absolute atomic E-state index is 14.0. The van der Waals surface area contributed by atoms with Crippen LogP contribution < -0.4 is 20.2 Å². The van der Waals surface area contributed by atoms with Crippen molar-refractivity contribution in [2.75, 3.05) is 19.5 Å². The molecular weight excluding hydrogens is 401 g/mol. The Kier molecular flexibility index (Phi) is 5.41. The van der Waals surface area contributed by atoms with Gasteiger partial charge in [-0.25, -0.2) is 4.39 Å². The molecule has 0 unspecified atom stereocenters. The van der Waals surface area contributed by atoms with Gasteiger partial charge in [-0.15, -0.1) is 0 Å². The summed E-state index contributed by atoms with van der Waals surface area (Å²) < 4.78 is 30.1. The Morgan fingerprint density at radius 3 is 2.58 bits per heavy atom. The summed E-state index contributed by atoms with van der Waals surface area (Å²) in [6, 6.07) is 14.1. The molecule has 1 amide bonds. The molecule has 7 heteroatoms. The number of amides is 1. The second-order valence-corrected chi connectivity index (χ2v) is 6.70. The zero-order chi connectivity index (χ0) is 22.0. The first-order valence-corrected chi connectivity index (χ1v) is 9.36. The number of methoxy groups -OCH3 is 2. The zero-order valence-corrected chi connectivity index (χ0v) is 16.8. The molecule has 0 bridgehead atoms. The van der Waals surface area contributed by atoms with Gasteiger partial charge in [-0.2, -0.15) is 0 Å². The van der Waals surface area contributed by atoms with E-state index in [0.29, 0.717) is 22.6 Å². The minimum absolute atomic E-state index is 0.114. The van der Waals surface area contributed by atoms with Crippen LogP contribution in [0.25, 0.3) is 28.0 Å². The van der Waals surface area contributed by atoms with Gasteiger partial charge in [0, 0.05) is 17.8 Å². The van der Waals surface area contributed by atoms with E-state index in [1.165, 1.54) is 37.5 Å². The summed E-state index contributed by atoms with van der Waals surface area (Å²) in [6.45, 7) is 0. The van der Waals surface area contributed by atoms with E-state index in [-0.39, 0.29) is 27.9 Å². The Bertz CT molecular complexity index is 1390. The smallest absolute Gasteiger partial charge is 0.248 e. The number of halogens is 1. The molecule has 0 atom stereocenters. The molecule has 4 rings (SSSR count). The van der Waals surface area contributed by atoms with Gasteiger partial charge in [-0.1, -0.05) is 12.1 Å². The van der Waals surface area contributed by atoms with Crippen LogP contribution in [0.4, 0.5) is 10.1 Å². The van der Waals surface area contributed by atoms with Crippen LogP contribution in [0.1, 0.15) is 5.56 Å². The molecule has 6 nitrogen and oxygen atoms in total. The third-order valence-electron chi connectivity index (χ3n) is 4.75. The Morgan fingerprint density at radius 2 is 1.81 bits per heavy atom. The van der Waals surface area contributed by atoms with Gasteiger partial charge >= 0.3 is 0 Å². The maximum atomic E-state index is 14.0. The third kappa shape index (κ3) is 3.98. The summed E-state index contributed by atoms with van der Waals surface area (Å²) in [5.74, 6) is 0.132. The van der Waals surface area contributed by atoms with E-state index in [1.54, 1.807) is 43.5 Å². The molecule has 0 spiro atoms. The second-order valence-electron chi connectivity index (χ2n) is 6.70. The molecule has 0 aliphatic carbocycles. The predicted molar refractivity (Wildman–Crippen MR) is 117 cm³/mol. The van der Waals surface area contributed by atoms with Gasteiger partial charge in [0.1, 0.15) is 5.58 Å². The number of hydrogen-bond donors (Lipinski definition) is 1. The molecule has 0 radical (unpaired) electrons. The number of nitrogens with one attached hydrogen (secondary N) is 1. The van der Waals surface area contributed by atoms with E-state index in [4.69, 9.17) is 13.9 Å². The van der Waals surface area contributed by atoms with Crippen molar-refractivity contribution >= 4 is 39.6 Å². The lowest BCUT2D eigenvalue weighted by atomic mass is 10.1. The van der Waals surface area contributed by atoms with E-state index >= 15 is 0 Å².